The molecule has 2 heterocycles. The number of ether oxygens (including phenoxy) is 2. The summed E-state index contributed by atoms with van der Waals surface area (Å²) in [5, 5.41) is 0. The molecule has 0 radical (unpaired) electrons. The number of rotatable bonds is 5. The largest absolute Gasteiger partial charge is 0.463 e. The van der Waals surface area contributed by atoms with Crippen molar-refractivity contribution in [1.29, 1.82) is 0 Å². The predicted molar refractivity (Wildman–Crippen MR) is 90.7 cm³/mol. The highest BCUT2D eigenvalue weighted by Gasteiger charge is 2.44. The van der Waals surface area contributed by atoms with Crippen molar-refractivity contribution >= 4 is 17.2 Å². The molecule has 2 N–H and O–H groups in total. The number of esters is 1. The summed E-state index contributed by atoms with van der Waals surface area (Å²) in [6.07, 6.45) is 5.94. The fourth-order valence-electron chi connectivity index (χ4n) is 2.79. The van der Waals surface area contributed by atoms with Crippen LogP contribution in [-0.2, 0) is 14.3 Å². The van der Waals surface area contributed by atoms with Gasteiger partial charge in [-0.1, -0.05) is 13.3 Å². The lowest BCUT2D eigenvalue weighted by Crippen LogP contribution is -2.48. The molecule has 1 aliphatic rings. The molecule has 5 heteroatoms. The highest BCUT2D eigenvalue weighted by atomic mass is 16.6. The second-order valence-corrected chi connectivity index (χ2v) is 6.78. The number of carbonyl (C=O) groups excluding carboxylic acids is 1. The molecule has 0 amide bonds. The molecule has 1 aromatic heterocycles. The molecule has 1 aliphatic heterocycles. The highest BCUT2D eigenvalue weighted by molar-refractivity contribution is 5.85. The lowest BCUT2D eigenvalue weighted by atomic mass is 9.87. The first kappa shape index (κ1) is 17.5. The first-order chi connectivity index (χ1) is 10.8. The third kappa shape index (κ3) is 4.32. The van der Waals surface area contributed by atoms with E-state index in [0.29, 0.717) is 18.7 Å². The summed E-state index contributed by atoms with van der Waals surface area (Å²) in [6.45, 7) is 8.15. The van der Waals surface area contributed by atoms with Crippen molar-refractivity contribution in [1.82, 2.24) is 4.98 Å². The Morgan fingerprint density at radius 1 is 1.39 bits per heavy atom. The van der Waals surface area contributed by atoms with Crippen LogP contribution >= 0.6 is 0 Å². The van der Waals surface area contributed by atoms with Crippen LogP contribution in [0.3, 0.4) is 0 Å². The first-order valence-electron chi connectivity index (χ1n) is 8.07. The van der Waals surface area contributed by atoms with Gasteiger partial charge < -0.3 is 15.2 Å². The molecular weight excluding hydrogens is 292 g/mol. The number of aromatic nitrogens is 1. The average Bonchev–Trinajstić information content (AvgIpc) is 2.46. The van der Waals surface area contributed by atoms with Crippen LogP contribution in [0.15, 0.2) is 24.4 Å². The molecule has 0 aromatic carbocycles. The van der Waals surface area contributed by atoms with E-state index in [-0.39, 0.29) is 5.97 Å². The van der Waals surface area contributed by atoms with E-state index in [1.165, 1.54) is 0 Å². The van der Waals surface area contributed by atoms with Gasteiger partial charge in [0.2, 0.25) is 0 Å². The maximum atomic E-state index is 12.5. The molecule has 2 rings (SSSR count). The van der Waals surface area contributed by atoms with Gasteiger partial charge in [0.1, 0.15) is 0 Å². The number of nitrogens with zero attached hydrogens (tertiary/aromatic N) is 1. The Labute approximate surface area is 137 Å². The van der Waals surface area contributed by atoms with Gasteiger partial charge in [-0.05, 0) is 51.0 Å². The van der Waals surface area contributed by atoms with Crippen molar-refractivity contribution in [2.24, 2.45) is 0 Å². The van der Waals surface area contributed by atoms with E-state index in [9.17, 15) is 4.79 Å². The van der Waals surface area contributed by atoms with Gasteiger partial charge in [0.05, 0.1) is 29.8 Å². The molecule has 1 unspecified atom stereocenters. The molecule has 0 saturated carbocycles. The zero-order valence-electron chi connectivity index (χ0n) is 14.4. The molecule has 126 valence electrons. The molecular formula is C18H26N2O3. The van der Waals surface area contributed by atoms with Gasteiger partial charge in [-0.2, -0.15) is 0 Å². The minimum absolute atomic E-state index is 0.355. The van der Waals surface area contributed by atoms with Crippen LogP contribution in [0.4, 0.5) is 5.69 Å². The van der Waals surface area contributed by atoms with Gasteiger partial charge in [-0.25, -0.2) is 4.79 Å². The Bertz CT molecular complexity index is 593. The molecule has 0 fully saturated rings. The number of unbranched alkanes of at least 4 members (excludes halogenated alkanes) is 1. The van der Waals surface area contributed by atoms with Crippen LogP contribution in [0.25, 0.3) is 5.57 Å². The fourth-order valence-corrected chi connectivity index (χ4v) is 2.79. The van der Waals surface area contributed by atoms with Gasteiger partial charge in [-0.3, -0.25) is 4.98 Å². The summed E-state index contributed by atoms with van der Waals surface area (Å²) >= 11 is 0. The minimum Gasteiger partial charge on any atom is -0.463 e. The zero-order chi connectivity index (χ0) is 17.1. The SMILES string of the molecule is CCCCOC(=O)C1(C)C=C(c2ccc(N)cn2)CC(C)(C)O1. The number of hydrogen-bond acceptors (Lipinski definition) is 5. The van der Waals surface area contributed by atoms with Crippen molar-refractivity contribution in [3.63, 3.8) is 0 Å². The number of anilines is 1. The van der Waals surface area contributed by atoms with Crippen molar-refractivity contribution in [3.05, 3.63) is 30.1 Å². The van der Waals surface area contributed by atoms with E-state index < -0.39 is 11.2 Å². The molecule has 0 saturated heterocycles. The number of hydrogen-bond donors (Lipinski definition) is 1. The molecule has 23 heavy (non-hydrogen) atoms. The van der Waals surface area contributed by atoms with Gasteiger partial charge >= 0.3 is 5.97 Å². The van der Waals surface area contributed by atoms with Gasteiger partial charge in [0.15, 0.2) is 5.60 Å². The Hall–Kier alpha value is -1.88. The maximum absolute atomic E-state index is 12.5. The minimum atomic E-state index is -1.10. The van der Waals surface area contributed by atoms with Gasteiger partial charge in [0, 0.05) is 6.42 Å². The van der Waals surface area contributed by atoms with E-state index in [2.05, 4.69) is 11.9 Å². The van der Waals surface area contributed by atoms with Crippen molar-refractivity contribution in [2.75, 3.05) is 12.3 Å². The Balaban J connectivity index is 2.29. The third-order valence-corrected chi connectivity index (χ3v) is 3.81. The Morgan fingerprint density at radius 2 is 2.13 bits per heavy atom. The number of nitrogen functional groups attached to an aromatic ring is 1. The summed E-state index contributed by atoms with van der Waals surface area (Å²) in [5.41, 5.74) is 6.51. The highest BCUT2D eigenvalue weighted by Crippen LogP contribution is 2.38. The van der Waals surface area contributed by atoms with Crippen LogP contribution in [0.2, 0.25) is 0 Å². The van der Waals surface area contributed by atoms with Crippen LogP contribution in [-0.4, -0.2) is 28.8 Å². The first-order valence-corrected chi connectivity index (χ1v) is 8.07. The maximum Gasteiger partial charge on any atom is 0.342 e. The summed E-state index contributed by atoms with van der Waals surface area (Å²) in [7, 11) is 0. The van der Waals surface area contributed by atoms with Crippen LogP contribution in [0, 0.1) is 0 Å². The summed E-state index contributed by atoms with van der Waals surface area (Å²) in [5.74, 6) is -0.355. The van der Waals surface area contributed by atoms with Crippen molar-refractivity contribution < 1.29 is 14.3 Å². The number of pyridine rings is 1. The monoisotopic (exact) mass is 318 g/mol. The van der Waals surface area contributed by atoms with Crippen LogP contribution in [0.1, 0.15) is 52.7 Å². The van der Waals surface area contributed by atoms with Crippen molar-refractivity contribution in [3.8, 4) is 0 Å². The van der Waals surface area contributed by atoms with Gasteiger partial charge in [0.25, 0.3) is 0 Å². The van der Waals surface area contributed by atoms with E-state index in [1.807, 2.05) is 32.1 Å². The van der Waals surface area contributed by atoms with E-state index in [1.54, 1.807) is 13.1 Å². The second-order valence-electron chi connectivity index (χ2n) is 6.78. The van der Waals surface area contributed by atoms with Crippen molar-refractivity contribution in [2.45, 2.75) is 58.2 Å². The normalized spacial score (nSPS) is 23.2. The topological polar surface area (TPSA) is 74.4 Å². The lowest BCUT2D eigenvalue weighted by Gasteiger charge is -2.40. The molecule has 1 aromatic rings. The lowest BCUT2D eigenvalue weighted by molar-refractivity contribution is -0.181. The van der Waals surface area contributed by atoms with E-state index >= 15 is 0 Å². The quantitative estimate of drug-likeness (QED) is 0.665. The molecule has 1 atom stereocenters. The summed E-state index contributed by atoms with van der Waals surface area (Å²) in [4.78, 5) is 16.8. The van der Waals surface area contributed by atoms with Crippen LogP contribution < -0.4 is 5.73 Å². The van der Waals surface area contributed by atoms with E-state index in [0.717, 1.165) is 24.1 Å². The molecule has 5 nitrogen and oxygen atoms in total. The Morgan fingerprint density at radius 3 is 2.74 bits per heavy atom. The number of carbonyl (C=O) groups is 1. The zero-order valence-corrected chi connectivity index (χ0v) is 14.4. The van der Waals surface area contributed by atoms with Gasteiger partial charge in [-0.15, -0.1) is 0 Å². The van der Waals surface area contributed by atoms with E-state index in [4.69, 9.17) is 15.2 Å². The molecule has 0 bridgehead atoms. The summed E-state index contributed by atoms with van der Waals surface area (Å²) < 4.78 is 11.4. The predicted octanol–water partition coefficient (Wildman–Crippen LogP) is 3.35. The molecule has 0 aliphatic carbocycles. The fraction of sp³-hybridized carbons (Fsp3) is 0.556. The third-order valence-electron chi connectivity index (χ3n) is 3.81. The Kier molecular flexibility index (Phi) is 5.09. The van der Waals surface area contributed by atoms with Crippen LogP contribution in [0.5, 0.6) is 0 Å². The second kappa shape index (κ2) is 6.71. The summed E-state index contributed by atoms with van der Waals surface area (Å²) in [6, 6.07) is 3.67. The average molecular weight is 318 g/mol. The smallest absolute Gasteiger partial charge is 0.342 e. The number of nitrogens with two attached hydrogens (primary N) is 1. The standard InChI is InChI=1S/C18H26N2O3/c1-5-6-9-22-16(21)18(4)11-13(10-17(2,3)23-18)15-8-7-14(19)12-20-15/h7-8,11-12H,5-6,9-10,19H2,1-4H3. The molecule has 0 spiro atoms.